The molecule has 138 valence electrons. The van der Waals surface area contributed by atoms with E-state index in [1.54, 1.807) is 6.07 Å². The molecular formula is C19H26FNO4. The predicted molar refractivity (Wildman–Crippen MR) is 91.6 cm³/mol. The number of ether oxygens (including phenoxy) is 2. The summed E-state index contributed by atoms with van der Waals surface area (Å²) < 4.78 is 23.6. The lowest BCUT2D eigenvalue weighted by Gasteiger charge is -2.35. The number of hydrogen-bond acceptors (Lipinski definition) is 4. The fourth-order valence-corrected chi connectivity index (χ4v) is 3.07. The van der Waals surface area contributed by atoms with E-state index in [0.717, 1.165) is 12.8 Å². The van der Waals surface area contributed by atoms with Crippen molar-refractivity contribution in [2.75, 3.05) is 6.61 Å². The summed E-state index contributed by atoms with van der Waals surface area (Å²) in [6.45, 7) is 5.39. The van der Waals surface area contributed by atoms with Crippen LogP contribution in [-0.2, 0) is 14.3 Å². The first-order chi connectivity index (χ1) is 11.9. The molecule has 1 N–H and O–H groups in total. The van der Waals surface area contributed by atoms with Gasteiger partial charge in [0.1, 0.15) is 0 Å². The van der Waals surface area contributed by atoms with Gasteiger partial charge in [0, 0.05) is 6.04 Å². The molecule has 25 heavy (non-hydrogen) atoms. The molecule has 0 saturated heterocycles. The molecule has 0 aromatic heterocycles. The van der Waals surface area contributed by atoms with E-state index >= 15 is 0 Å². The van der Waals surface area contributed by atoms with E-state index in [-0.39, 0.29) is 17.7 Å². The number of benzene rings is 1. The Morgan fingerprint density at radius 1 is 1.28 bits per heavy atom. The fourth-order valence-electron chi connectivity index (χ4n) is 3.07. The first-order valence-electron chi connectivity index (χ1n) is 8.75. The molecule has 0 bridgehead atoms. The zero-order chi connectivity index (χ0) is 18.4. The molecule has 1 aromatic rings. The van der Waals surface area contributed by atoms with Gasteiger partial charge < -0.3 is 14.8 Å². The van der Waals surface area contributed by atoms with Crippen LogP contribution in [0.1, 0.15) is 40.0 Å². The van der Waals surface area contributed by atoms with Gasteiger partial charge in [0.2, 0.25) is 0 Å². The van der Waals surface area contributed by atoms with E-state index in [4.69, 9.17) is 9.47 Å². The molecule has 0 aliphatic heterocycles. The maximum Gasteiger partial charge on any atom is 0.344 e. The number of para-hydroxylation sites is 1. The summed E-state index contributed by atoms with van der Waals surface area (Å²) in [5, 5.41) is 2.97. The molecule has 6 heteroatoms. The summed E-state index contributed by atoms with van der Waals surface area (Å²) in [5.74, 6) is -0.653. The molecule has 1 amide bonds. The molecule has 0 radical (unpaired) electrons. The highest BCUT2D eigenvalue weighted by Crippen LogP contribution is 2.29. The Bertz CT molecular complexity index is 607. The molecule has 5 nitrogen and oxygen atoms in total. The van der Waals surface area contributed by atoms with Gasteiger partial charge in [-0.3, -0.25) is 4.79 Å². The van der Waals surface area contributed by atoms with Crippen molar-refractivity contribution in [3.63, 3.8) is 0 Å². The van der Waals surface area contributed by atoms with Gasteiger partial charge in [-0.25, -0.2) is 9.18 Å². The second-order valence-corrected chi connectivity index (χ2v) is 6.73. The van der Waals surface area contributed by atoms with Crippen molar-refractivity contribution >= 4 is 11.9 Å². The topological polar surface area (TPSA) is 64.6 Å². The minimum absolute atomic E-state index is 0.0263. The van der Waals surface area contributed by atoms with Crippen LogP contribution in [0.5, 0.6) is 5.75 Å². The van der Waals surface area contributed by atoms with Crippen LogP contribution in [0, 0.1) is 17.7 Å². The molecule has 1 aliphatic rings. The Labute approximate surface area is 147 Å². The lowest BCUT2D eigenvalue weighted by Crippen LogP contribution is -2.47. The van der Waals surface area contributed by atoms with E-state index in [1.165, 1.54) is 31.5 Å². The van der Waals surface area contributed by atoms with Crippen LogP contribution in [0.25, 0.3) is 0 Å². The second kappa shape index (κ2) is 8.83. The second-order valence-electron chi connectivity index (χ2n) is 6.73. The average Bonchev–Trinajstić information content (AvgIpc) is 2.58. The maximum atomic E-state index is 13.4. The molecule has 0 heterocycles. The lowest BCUT2D eigenvalue weighted by atomic mass is 9.78. The van der Waals surface area contributed by atoms with Crippen molar-refractivity contribution in [2.24, 2.45) is 11.8 Å². The first kappa shape index (κ1) is 19.2. The first-order valence-corrected chi connectivity index (χ1v) is 8.75. The monoisotopic (exact) mass is 351 g/mol. The quantitative estimate of drug-likeness (QED) is 0.800. The van der Waals surface area contributed by atoms with E-state index in [0.29, 0.717) is 11.8 Å². The number of amides is 1. The Morgan fingerprint density at radius 3 is 2.72 bits per heavy atom. The maximum absolute atomic E-state index is 13.4. The van der Waals surface area contributed by atoms with Gasteiger partial charge in [-0.15, -0.1) is 0 Å². The number of carbonyl (C=O) groups is 2. The third-order valence-corrected chi connectivity index (χ3v) is 4.89. The summed E-state index contributed by atoms with van der Waals surface area (Å²) in [4.78, 5) is 24.0. The Morgan fingerprint density at radius 2 is 2.00 bits per heavy atom. The van der Waals surface area contributed by atoms with E-state index in [1.807, 2.05) is 0 Å². The number of carbonyl (C=O) groups excluding carboxylic acids is 2. The van der Waals surface area contributed by atoms with Gasteiger partial charge in [0.25, 0.3) is 5.91 Å². The van der Waals surface area contributed by atoms with Crippen molar-refractivity contribution < 1.29 is 23.5 Å². The number of rotatable bonds is 6. The lowest BCUT2D eigenvalue weighted by molar-refractivity contribution is -0.157. The minimum atomic E-state index is -0.916. The van der Waals surface area contributed by atoms with Crippen LogP contribution in [0.2, 0.25) is 0 Å². The Balaban J connectivity index is 1.78. The molecule has 1 fully saturated rings. The van der Waals surface area contributed by atoms with Gasteiger partial charge >= 0.3 is 5.97 Å². The minimum Gasteiger partial charge on any atom is -0.479 e. The average molecular weight is 351 g/mol. The summed E-state index contributed by atoms with van der Waals surface area (Å²) in [6.07, 6.45) is 2.28. The van der Waals surface area contributed by atoms with Crippen molar-refractivity contribution in [3.05, 3.63) is 30.1 Å². The zero-order valence-electron chi connectivity index (χ0n) is 15.0. The molecule has 1 aliphatic carbocycles. The standard InChI is InChI=1S/C19H26FNO4/c1-12-7-6-9-16(13(12)2)21-19(23)14(3)25-18(22)11-24-17-10-5-4-8-15(17)20/h4-5,8,10,12-14,16H,6-7,9,11H2,1-3H3,(H,21,23)/t12-,13-,14-,16+/m1/s1. The van der Waals surface area contributed by atoms with Gasteiger partial charge in [0.05, 0.1) is 0 Å². The number of nitrogens with one attached hydrogen (secondary N) is 1. The van der Waals surface area contributed by atoms with Crippen molar-refractivity contribution in [1.29, 1.82) is 0 Å². The van der Waals surface area contributed by atoms with Crippen LogP contribution in [0.15, 0.2) is 24.3 Å². The summed E-state index contributed by atoms with van der Waals surface area (Å²) in [6, 6.07) is 5.90. The third-order valence-electron chi connectivity index (χ3n) is 4.89. The zero-order valence-corrected chi connectivity index (χ0v) is 15.0. The van der Waals surface area contributed by atoms with Gasteiger partial charge in [-0.05, 0) is 37.3 Å². The summed E-state index contributed by atoms with van der Waals surface area (Å²) >= 11 is 0. The van der Waals surface area contributed by atoms with Gasteiger partial charge in [-0.2, -0.15) is 0 Å². The van der Waals surface area contributed by atoms with Crippen LogP contribution in [-0.4, -0.2) is 30.6 Å². The number of halogens is 1. The van der Waals surface area contributed by atoms with Crippen LogP contribution in [0.3, 0.4) is 0 Å². The molecule has 0 unspecified atom stereocenters. The van der Waals surface area contributed by atoms with Gasteiger partial charge in [-0.1, -0.05) is 38.8 Å². The highest BCUT2D eigenvalue weighted by Gasteiger charge is 2.30. The number of esters is 1. The van der Waals surface area contributed by atoms with Crippen molar-refractivity contribution in [3.8, 4) is 5.75 Å². The molecule has 2 rings (SSSR count). The van der Waals surface area contributed by atoms with Crippen molar-refractivity contribution in [2.45, 2.75) is 52.2 Å². The number of hydrogen-bond donors (Lipinski definition) is 1. The normalized spacial score (nSPS) is 24.2. The predicted octanol–water partition coefficient (Wildman–Crippen LogP) is 3.08. The van der Waals surface area contributed by atoms with E-state index in [9.17, 15) is 14.0 Å². The molecular weight excluding hydrogens is 325 g/mol. The SMILES string of the molecule is C[C@@H]1[C@H](C)CCC[C@@H]1NC(=O)[C@@H](C)OC(=O)COc1ccccc1F. The molecule has 4 atom stereocenters. The molecule has 1 aromatic carbocycles. The summed E-state index contributed by atoms with van der Waals surface area (Å²) in [5.41, 5.74) is 0. The van der Waals surface area contributed by atoms with Gasteiger partial charge in [0.15, 0.2) is 24.3 Å². The van der Waals surface area contributed by atoms with Crippen molar-refractivity contribution in [1.82, 2.24) is 5.32 Å². The van der Waals surface area contributed by atoms with E-state index in [2.05, 4.69) is 19.2 Å². The smallest absolute Gasteiger partial charge is 0.344 e. The Hall–Kier alpha value is -2.11. The Kier molecular flexibility index (Phi) is 6.79. The van der Waals surface area contributed by atoms with Crippen LogP contribution in [0.4, 0.5) is 4.39 Å². The third kappa shape index (κ3) is 5.44. The van der Waals surface area contributed by atoms with E-state index < -0.39 is 24.5 Å². The molecule has 0 spiro atoms. The fraction of sp³-hybridized carbons (Fsp3) is 0.579. The molecule has 1 saturated carbocycles. The van der Waals surface area contributed by atoms with Crippen LogP contribution < -0.4 is 10.1 Å². The summed E-state index contributed by atoms with van der Waals surface area (Å²) in [7, 11) is 0. The highest BCUT2D eigenvalue weighted by atomic mass is 19.1. The highest BCUT2D eigenvalue weighted by molar-refractivity contribution is 5.83. The van der Waals surface area contributed by atoms with Crippen LogP contribution >= 0.6 is 0 Å². The largest absolute Gasteiger partial charge is 0.479 e.